The van der Waals surface area contributed by atoms with Gasteiger partial charge in [0.1, 0.15) is 6.10 Å². The Balaban J connectivity index is 2.29. The molecule has 0 fully saturated rings. The molecule has 2 nitrogen and oxygen atoms in total. The van der Waals surface area contributed by atoms with Gasteiger partial charge in [-0.3, -0.25) is 0 Å². The number of aliphatic hydroxyl groups is 2. The van der Waals surface area contributed by atoms with E-state index in [0.29, 0.717) is 12.2 Å². The van der Waals surface area contributed by atoms with Crippen LogP contribution in [-0.2, 0) is 0 Å². The molecule has 90 valence electrons. The van der Waals surface area contributed by atoms with Crippen LogP contribution in [0.15, 0.2) is 42.5 Å². The molecule has 3 heteroatoms. The molecule has 2 unspecified atom stereocenters. The third kappa shape index (κ3) is 2.80. The normalized spacial score (nSPS) is 14.8. The van der Waals surface area contributed by atoms with Crippen LogP contribution in [-0.4, -0.2) is 22.1 Å². The van der Waals surface area contributed by atoms with Crippen LogP contribution in [0.5, 0.6) is 0 Å². The van der Waals surface area contributed by atoms with Gasteiger partial charge in [0.2, 0.25) is 0 Å². The van der Waals surface area contributed by atoms with Crippen molar-refractivity contribution in [2.24, 2.45) is 0 Å². The smallest absolute Gasteiger partial charge is 0.105 e. The largest absolute Gasteiger partial charge is 0.390 e. The zero-order chi connectivity index (χ0) is 12.3. The van der Waals surface area contributed by atoms with E-state index < -0.39 is 12.2 Å². The van der Waals surface area contributed by atoms with Gasteiger partial charge in [0.15, 0.2) is 0 Å². The molecule has 0 saturated carbocycles. The van der Waals surface area contributed by atoms with Crippen molar-refractivity contribution in [1.82, 2.24) is 0 Å². The van der Waals surface area contributed by atoms with Crippen molar-refractivity contribution in [3.63, 3.8) is 0 Å². The first-order valence-corrected chi connectivity index (χ1v) is 6.31. The summed E-state index contributed by atoms with van der Waals surface area (Å²) in [7, 11) is 0. The molecule has 0 aliphatic heterocycles. The van der Waals surface area contributed by atoms with E-state index >= 15 is 0 Å². The van der Waals surface area contributed by atoms with Gasteiger partial charge in [0.05, 0.1) is 6.10 Å². The van der Waals surface area contributed by atoms with Crippen molar-refractivity contribution >= 4 is 23.4 Å². The lowest BCUT2D eigenvalue weighted by molar-refractivity contribution is 0.0173. The van der Waals surface area contributed by atoms with E-state index in [-0.39, 0.29) is 0 Å². The Morgan fingerprint density at radius 1 is 1.00 bits per heavy atom. The summed E-state index contributed by atoms with van der Waals surface area (Å²) in [5, 5.41) is 21.9. The molecule has 0 radical (unpaired) electrons. The fraction of sp³-hybridized carbons (Fsp3) is 0.286. The Kier molecular flexibility index (Phi) is 4.05. The maximum atomic E-state index is 10.00. The summed E-state index contributed by atoms with van der Waals surface area (Å²) < 4.78 is 0. The van der Waals surface area contributed by atoms with E-state index in [1.54, 1.807) is 0 Å². The summed E-state index contributed by atoms with van der Waals surface area (Å²) in [4.78, 5) is 0. The maximum absolute atomic E-state index is 10.00. The Morgan fingerprint density at radius 3 is 2.41 bits per heavy atom. The highest BCUT2D eigenvalue weighted by atomic mass is 32.1. The van der Waals surface area contributed by atoms with Gasteiger partial charge in [-0.05, 0) is 34.6 Å². The molecule has 2 aromatic carbocycles. The molecule has 0 spiro atoms. The summed E-state index contributed by atoms with van der Waals surface area (Å²) >= 11 is 4.05. The van der Waals surface area contributed by atoms with Crippen molar-refractivity contribution in [1.29, 1.82) is 0 Å². The minimum absolute atomic E-state index is 0.483. The maximum Gasteiger partial charge on any atom is 0.105 e. The van der Waals surface area contributed by atoms with Gasteiger partial charge < -0.3 is 10.2 Å². The quantitative estimate of drug-likeness (QED) is 0.728. The van der Waals surface area contributed by atoms with Crippen LogP contribution in [0.3, 0.4) is 0 Å². The van der Waals surface area contributed by atoms with Crippen LogP contribution in [0.25, 0.3) is 10.8 Å². The average molecular weight is 248 g/mol. The van der Waals surface area contributed by atoms with Gasteiger partial charge in [-0.2, -0.15) is 12.6 Å². The van der Waals surface area contributed by atoms with Gasteiger partial charge >= 0.3 is 0 Å². The predicted octanol–water partition coefficient (Wildman–Crippen LogP) is 2.55. The van der Waals surface area contributed by atoms with Crippen LogP contribution in [0.4, 0.5) is 0 Å². The second-order valence-electron chi connectivity index (χ2n) is 4.13. The molecule has 2 atom stereocenters. The molecule has 0 heterocycles. The van der Waals surface area contributed by atoms with E-state index in [4.69, 9.17) is 0 Å². The highest BCUT2D eigenvalue weighted by Gasteiger charge is 2.17. The molecule has 2 rings (SSSR count). The standard InChI is InChI=1S/C14H16O2S/c15-13(7-8-17)14(16)12-6-5-10-3-1-2-4-11(10)9-12/h1-6,9,13-17H,7-8H2. The van der Waals surface area contributed by atoms with E-state index in [0.717, 1.165) is 16.3 Å². The first kappa shape index (κ1) is 12.4. The summed E-state index contributed by atoms with van der Waals surface area (Å²) in [6, 6.07) is 13.7. The Morgan fingerprint density at radius 2 is 1.71 bits per heavy atom. The Hall–Kier alpha value is -1.03. The number of rotatable bonds is 4. The SMILES string of the molecule is OC(CCS)C(O)c1ccc2ccccc2c1. The molecule has 0 aliphatic carbocycles. The molecule has 2 aromatic rings. The van der Waals surface area contributed by atoms with E-state index in [2.05, 4.69) is 12.6 Å². The molecule has 2 N–H and O–H groups in total. The van der Waals surface area contributed by atoms with E-state index in [9.17, 15) is 10.2 Å². The summed E-state index contributed by atoms with van der Waals surface area (Å²) in [6.07, 6.45) is -1.11. The zero-order valence-corrected chi connectivity index (χ0v) is 10.3. The highest BCUT2D eigenvalue weighted by Crippen LogP contribution is 2.23. The second kappa shape index (κ2) is 5.54. The van der Waals surface area contributed by atoms with Crippen molar-refractivity contribution in [2.45, 2.75) is 18.6 Å². The molecular weight excluding hydrogens is 232 g/mol. The number of fused-ring (bicyclic) bond motifs is 1. The molecule has 0 amide bonds. The molecule has 0 saturated heterocycles. The van der Waals surface area contributed by atoms with Gasteiger partial charge in [-0.1, -0.05) is 36.4 Å². The highest BCUT2D eigenvalue weighted by molar-refractivity contribution is 7.80. The van der Waals surface area contributed by atoms with E-state index in [1.165, 1.54) is 0 Å². The fourth-order valence-electron chi connectivity index (χ4n) is 1.90. The molecule has 17 heavy (non-hydrogen) atoms. The lowest BCUT2D eigenvalue weighted by Gasteiger charge is -2.17. The molecule has 0 bridgehead atoms. The van der Waals surface area contributed by atoms with Crippen molar-refractivity contribution in [3.05, 3.63) is 48.0 Å². The van der Waals surface area contributed by atoms with Gasteiger partial charge in [0, 0.05) is 0 Å². The van der Waals surface area contributed by atoms with Crippen molar-refractivity contribution in [2.75, 3.05) is 5.75 Å². The van der Waals surface area contributed by atoms with Gasteiger partial charge in [0.25, 0.3) is 0 Å². The minimum Gasteiger partial charge on any atom is -0.390 e. The molecule has 0 aliphatic rings. The summed E-state index contributed by atoms with van der Waals surface area (Å²) in [5.41, 5.74) is 0.748. The number of thiol groups is 1. The second-order valence-corrected chi connectivity index (χ2v) is 4.58. The van der Waals surface area contributed by atoms with Crippen molar-refractivity contribution in [3.8, 4) is 0 Å². The average Bonchev–Trinajstić information content (AvgIpc) is 2.37. The number of hydrogen-bond donors (Lipinski definition) is 3. The topological polar surface area (TPSA) is 40.5 Å². The number of aliphatic hydroxyl groups excluding tert-OH is 2. The van der Waals surface area contributed by atoms with E-state index in [1.807, 2.05) is 42.5 Å². The zero-order valence-electron chi connectivity index (χ0n) is 9.45. The number of hydrogen-bond acceptors (Lipinski definition) is 3. The lowest BCUT2D eigenvalue weighted by Crippen LogP contribution is -2.18. The first-order chi connectivity index (χ1) is 8.22. The predicted molar refractivity (Wildman–Crippen MR) is 73.4 cm³/mol. The first-order valence-electron chi connectivity index (χ1n) is 5.68. The van der Waals surface area contributed by atoms with Gasteiger partial charge in [-0.25, -0.2) is 0 Å². The summed E-state index contributed by atoms with van der Waals surface area (Å²) in [5.74, 6) is 0.561. The lowest BCUT2D eigenvalue weighted by atomic mass is 9.99. The van der Waals surface area contributed by atoms with Crippen LogP contribution >= 0.6 is 12.6 Å². The third-order valence-corrected chi connectivity index (χ3v) is 3.16. The van der Waals surface area contributed by atoms with Crippen LogP contribution in [0.1, 0.15) is 18.1 Å². The Bertz CT molecular complexity index is 498. The monoisotopic (exact) mass is 248 g/mol. The number of benzene rings is 2. The Labute approximate surface area is 106 Å². The van der Waals surface area contributed by atoms with Gasteiger partial charge in [-0.15, -0.1) is 0 Å². The van der Waals surface area contributed by atoms with Crippen LogP contribution in [0.2, 0.25) is 0 Å². The fourth-order valence-corrected chi connectivity index (χ4v) is 2.17. The molecule has 0 aromatic heterocycles. The minimum atomic E-state index is -0.841. The summed E-state index contributed by atoms with van der Waals surface area (Å²) in [6.45, 7) is 0. The van der Waals surface area contributed by atoms with Crippen LogP contribution < -0.4 is 0 Å². The third-order valence-electron chi connectivity index (χ3n) is 2.90. The van der Waals surface area contributed by atoms with Crippen molar-refractivity contribution < 1.29 is 10.2 Å². The van der Waals surface area contributed by atoms with Crippen LogP contribution in [0, 0.1) is 0 Å². The molecular formula is C14H16O2S.